The molecular weight excluding hydrogens is 508 g/mol. The van der Waals surface area contributed by atoms with Crippen molar-refractivity contribution in [2.45, 2.75) is 0 Å². The van der Waals surface area contributed by atoms with Gasteiger partial charge in [-0.15, -0.1) is 0 Å². The van der Waals surface area contributed by atoms with Gasteiger partial charge in [0.25, 0.3) is 5.91 Å². The van der Waals surface area contributed by atoms with Gasteiger partial charge in [-0.3, -0.25) is 9.78 Å². The Labute approximate surface area is 211 Å². The van der Waals surface area contributed by atoms with Crippen molar-refractivity contribution in [3.05, 3.63) is 118 Å². The average Bonchev–Trinajstić information content (AvgIpc) is 2.89. The van der Waals surface area contributed by atoms with Gasteiger partial charge in [-0.2, -0.15) is 0 Å². The number of carbonyl (C=O) groups is 2. The lowest BCUT2D eigenvalue weighted by Crippen LogP contribution is -2.13. The van der Waals surface area contributed by atoms with E-state index in [0.29, 0.717) is 33.9 Å². The number of nitrogens with zero attached hydrogens (tertiary/aromatic N) is 1. The summed E-state index contributed by atoms with van der Waals surface area (Å²) in [7, 11) is 1.34. The van der Waals surface area contributed by atoms with E-state index in [0.717, 1.165) is 4.47 Å². The molecule has 3 aromatic carbocycles. The monoisotopic (exact) mass is 526 g/mol. The van der Waals surface area contributed by atoms with E-state index in [1.807, 2.05) is 30.3 Å². The highest BCUT2D eigenvalue weighted by Gasteiger charge is 2.10. The third-order valence-corrected chi connectivity index (χ3v) is 5.30. The minimum Gasteiger partial charge on any atom is -0.465 e. The second-order valence-corrected chi connectivity index (χ2v) is 8.21. The number of hydrogen-bond donors (Lipinski definition) is 1. The molecule has 0 aliphatic rings. The molecule has 0 aliphatic heterocycles. The van der Waals surface area contributed by atoms with Crippen LogP contribution in [0.1, 0.15) is 32.0 Å². The Hall–Kier alpha value is -4.41. The number of amides is 1. The lowest BCUT2D eigenvalue weighted by atomic mass is 10.1. The maximum Gasteiger partial charge on any atom is 0.337 e. The molecular formula is C28H19BrN2O4. The Morgan fingerprint density at radius 1 is 0.857 bits per heavy atom. The topological polar surface area (TPSA) is 77.5 Å². The molecule has 0 atom stereocenters. The van der Waals surface area contributed by atoms with E-state index in [4.69, 9.17) is 9.47 Å². The Morgan fingerprint density at radius 2 is 1.57 bits per heavy atom. The van der Waals surface area contributed by atoms with Crippen molar-refractivity contribution in [1.29, 1.82) is 0 Å². The summed E-state index contributed by atoms with van der Waals surface area (Å²) >= 11 is 3.39. The van der Waals surface area contributed by atoms with Crippen molar-refractivity contribution in [2.24, 2.45) is 0 Å². The average molecular weight is 527 g/mol. The minimum atomic E-state index is -0.418. The summed E-state index contributed by atoms with van der Waals surface area (Å²) in [4.78, 5) is 28.6. The lowest BCUT2D eigenvalue weighted by molar-refractivity contribution is 0.0600. The third kappa shape index (κ3) is 6.56. The van der Waals surface area contributed by atoms with Crippen molar-refractivity contribution in [1.82, 2.24) is 4.98 Å². The van der Waals surface area contributed by atoms with Crippen LogP contribution in [0.5, 0.6) is 11.5 Å². The normalized spacial score (nSPS) is 10.0. The molecule has 0 radical (unpaired) electrons. The lowest BCUT2D eigenvalue weighted by Gasteiger charge is -2.08. The molecule has 0 aliphatic carbocycles. The number of esters is 1. The molecule has 7 heteroatoms. The first kappa shape index (κ1) is 23.7. The van der Waals surface area contributed by atoms with Gasteiger partial charge in [0.1, 0.15) is 17.2 Å². The van der Waals surface area contributed by atoms with Crippen LogP contribution in [0.15, 0.2) is 95.6 Å². The largest absolute Gasteiger partial charge is 0.465 e. The highest BCUT2D eigenvalue weighted by molar-refractivity contribution is 9.10. The van der Waals surface area contributed by atoms with E-state index < -0.39 is 5.97 Å². The SMILES string of the molecule is COC(=O)c1cccc(C#Cc2cccc(NC(=O)c3cc(Oc4ccc(Br)cc4)ccn3)c2)c1. The zero-order valence-electron chi connectivity index (χ0n) is 18.6. The van der Waals surface area contributed by atoms with Crippen LogP contribution in [-0.4, -0.2) is 24.0 Å². The number of rotatable bonds is 5. The molecule has 4 rings (SSSR count). The van der Waals surface area contributed by atoms with Crippen molar-refractivity contribution in [3.8, 4) is 23.3 Å². The molecule has 0 unspecified atom stereocenters. The molecule has 0 bridgehead atoms. The van der Waals surface area contributed by atoms with Gasteiger partial charge in [0.05, 0.1) is 12.7 Å². The summed E-state index contributed by atoms with van der Waals surface area (Å²) in [5, 5.41) is 2.83. The first-order valence-corrected chi connectivity index (χ1v) is 11.3. The van der Waals surface area contributed by atoms with Crippen LogP contribution in [0.3, 0.4) is 0 Å². The summed E-state index contributed by atoms with van der Waals surface area (Å²) in [5.41, 5.74) is 2.60. The molecule has 1 aromatic heterocycles. The fourth-order valence-corrected chi connectivity index (χ4v) is 3.36. The minimum absolute atomic E-state index is 0.218. The maximum absolute atomic E-state index is 12.8. The molecule has 0 saturated carbocycles. The first-order chi connectivity index (χ1) is 17.0. The molecule has 1 N–H and O–H groups in total. The van der Waals surface area contributed by atoms with E-state index in [1.165, 1.54) is 13.3 Å². The smallest absolute Gasteiger partial charge is 0.337 e. The van der Waals surface area contributed by atoms with E-state index in [-0.39, 0.29) is 11.6 Å². The summed E-state index contributed by atoms with van der Waals surface area (Å²) in [6, 6.07) is 24.7. The van der Waals surface area contributed by atoms with Crippen LogP contribution in [0.2, 0.25) is 0 Å². The van der Waals surface area contributed by atoms with Gasteiger partial charge >= 0.3 is 5.97 Å². The number of carbonyl (C=O) groups excluding carboxylic acids is 2. The van der Waals surface area contributed by atoms with Crippen LogP contribution in [-0.2, 0) is 4.74 Å². The number of nitrogens with one attached hydrogen (secondary N) is 1. The second-order valence-electron chi connectivity index (χ2n) is 7.29. The number of anilines is 1. The first-order valence-electron chi connectivity index (χ1n) is 10.5. The molecule has 0 saturated heterocycles. The zero-order chi connectivity index (χ0) is 24.6. The van der Waals surface area contributed by atoms with Crippen LogP contribution in [0, 0.1) is 11.8 Å². The summed E-state index contributed by atoms with van der Waals surface area (Å²) in [5.74, 6) is 6.43. The van der Waals surface area contributed by atoms with Crippen molar-refractivity contribution < 1.29 is 19.1 Å². The molecule has 4 aromatic rings. The summed E-state index contributed by atoms with van der Waals surface area (Å²) in [6.45, 7) is 0. The van der Waals surface area contributed by atoms with Crippen molar-refractivity contribution in [2.75, 3.05) is 12.4 Å². The molecule has 6 nitrogen and oxygen atoms in total. The molecule has 1 amide bonds. The number of pyridine rings is 1. The van der Waals surface area contributed by atoms with Gasteiger partial charge in [-0.1, -0.05) is 39.9 Å². The zero-order valence-corrected chi connectivity index (χ0v) is 20.2. The Balaban J connectivity index is 1.46. The van der Waals surface area contributed by atoms with Gasteiger partial charge in [0.15, 0.2) is 0 Å². The van der Waals surface area contributed by atoms with Crippen LogP contribution < -0.4 is 10.1 Å². The van der Waals surface area contributed by atoms with Gasteiger partial charge in [0, 0.05) is 33.6 Å². The molecule has 172 valence electrons. The van der Waals surface area contributed by atoms with Crippen LogP contribution in [0.4, 0.5) is 5.69 Å². The molecule has 1 heterocycles. The second kappa shape index (κ2) is 11.1. The van der Waals surface area contributed by atoms with E-state index in [1.54, 1.807) is 54.6 Å². The van der Waals surface area contributed by atoms with Gasteiger partial charge < -0.3 is 14.8 Å². The Bertz CT molecular complexity index is 1440. The Kier molecular flexibility index (Phi) is 7.56. The van der Waals surface area contributed by atoms with Crippen LogP contribution >= 0.6 is 15.9 Å². The van der Waals surface area contributed by atoms with Gasteiger partial charge in [0.2, 0.25) is 0 Å². The predicted molar refractivity (Wildman–Crippen MR) is 137 cm³/mol. The van der Waals surface area contributed by atoms with Crippen LogP contribution in [0.25, 0.3) is 0 Å². The highest BCUT2D eigenvalue weighted by atomic mass is 79.9. The van der Waals surface area contributed by atoms with E-state index in [9.17, 15) is 9.59 Å². The highest BCUT2D eigenvalue weighted by Crippen LogP contribution is 2.23. The van der Waals surface area contributed by atoms with Crippen molar-refractivity contribution >= 4 is 33.5 Å². The summed E-state index contributed by atoms with van der Waals surface area (Å²) < 4.78 is 11.5. The standard InChI is InChI=1S/C28H19BrN2O4/c1-34-28(33)21-6-2-4-19(16-21)8-9-20-5-3-7-23(17-20)31-27(32)26-18-25(14-15-30-26)35-24-12-10-22(29)11-13-24/h2-7,10-18H,1H3,(H,31,32). The maximum atomic E-state index is 12.8. The number of benzene rings is 3. The quantitative estimate of drug-likeness (QED) is 0.252. The number of halogens is 1. The fourth-order valence-electron chi connectivity index (χ4n) is 3.09. The third-order valence-electron chi connectivity index (χ3n) is 4.77. The van der Waals surface area contributed by atoms with E-state index >= 15 is 0 Å². The van der Waals surface area contributed by atoms with E-state index in [2.05, 4.69) is 38.1 Å². The van der Waals surface area contributed by atoms with Gasteiger partial charge in [-0.05, 0) is 66.7 Å². The number of aromatic nitrogens is 1. The molecule has 0 spiro atoms. The fraction of sp³-hybridized carbons (Fsp3) is 0.0357. The molecule has 35 heavy (non-hydrogen) atoms. The van der Waals surface area contributed by atoms with Crippen molar-refractivity contribution in [3.63, 3.8) is 0 Å². The predicted octanol–water partition coefficient (Wildman–Crippen LogP) is 6.08. The number of hydrogen-bond acceptors (Lipinski definition) is 5. The summed E-state index contributed by atoms with van der Waals surface area (Å²) in [6.07, 6.45) is 1.52. The number of ether oxygens (including phenoxy) is 2. The molecule has 0 fully saturated rings. The van der Waals surface area contributed by atoms with Gasteiger partial charge in [-0.25, -0.2) is 4.79 Å². The number of methoxy groups -OCH3 is 1. The Morgan fingerprint density at radius 3 is 2.31 bits per heavy atom.